The Morgan fingerprint density at radius 1 is 1.00 bits per heavy atom. The molecule has 1 amide bonds. The number of ether oxygens (including phenoxy) is 1. The summed E-state index contributed by atoms with van der Waals surface area (Å²) in [7, 11) is -2.16. The highest BCUT2D eigenvalue weighted by Crippen LogP contribution is 2.24. The number of nitrogens with one attached hydrogen (secondary N) is 1. The largest absolute Gasteiger partial charge is 0.497 e. The number of nitrogens with zero attached hydrogens (tertiary/aromatic N) is 2. The van der Waals surface area contributed by atoms with Gasteiger partial charge in [-0.15, -0.1) is 0 Å². The predicted octanol–water partition coefficient (Wildman–Crippen LogP) is 3.47. The Labute approximate surface area is 182 Å². The lowest BCUT2D eigenvalue weighted by Gasteiger charge is -2.28. The van der Waals surface area contributed by atoms with Gasteiger partial charge in [0.1, 0.15) is 11.8 Å². The van der Waals surface area contributed by atoms with E-state index >= 15 is 0 Å². The number of carbonyl (C=O) groups is 1. The Hall–Kier alpha value is -3.39. The number of benzene rings is 2. The first kappa shape index (κ1) is 22.3. The van der Waals surface area contributed by atoms with Crippen LogP contribution in [-0.2, 0) is 21.2 Å². The van der Waals surface area contributed by atoms with Gasteiger partial charge in [0.05, 0.1) is 19.1 Å². The molecule has 2 aromatic carbocycles. The van der Waals surface area contributed by atoms with E-state index in [1.807, 2.05) is 24.3 Å². The summed E-state index contributed by atoms with van der Waals surface area (Å²) in [5.41, 5.74) is 3.22. The van der Waals surface area contributed by atoms with E-state index in [4.69, 9.17) is 4.74 Å². The van der Waals surface area contributed by atoms with Gasteiger partial charge in [0.25, 0.3) is 0 Å². The van der Waals surface area contributed by atoms with E-state index in [9.17, 15) is 13.2 Å². The normalized spacial score (nSPS) is 12.1. The molecule has 0 aliphatic carbocycles. The Kier molecular flexibility index (Phi) is 6.91. The third-order valence-electron chi connectivity index (χ3n) is 4.79. The van der Waals surface area contributed by atoms with Crippen LogP contribution in [0.25, 0.3) is 0 Å². The van der Waals surface area contributed by atoms with Crippen molar-refractivity contribution in [2.24, 2.45) is 0 Å². The van der Waals surface area contributed by atoms with Gasteiger partial charge >= 0.3 is 0 Å². The molecular formula is C23H25N3O4S. The molecule has 1 N–H and O–H groups in total. The number of rotatable bonds is 8. The Morgan fingerprint density at radius 2 is 1.58 bits per heavy atom. The highest BCUT2D eigenvalue weighted by Gasteiger charge is 2.29. The summed E-state index contributed by atoms with van der Waals surface area (Å²) >= 11 is 0. The molecule has 7 nitrogen and oxygen atoms in total. The van der Waals surface area contributed by atoms with Crippen LogP contribution in [0.1, 0.15) is 18.1 Å². The van der Waals surface area contributed by atoms with Crippen LogP contribution in [0.4, 0.5) is 11.4 Å². The van der Waals surface area contributed by atoms with Gasteiger partial charge in [-0.1, -0.05) is 12.1 Å². The molecule has 0 saturated carbocycles. The van der Waals surface area contributed by atoms with Crippen LogP contribution in [0.3, 0.4) is 0 Å². The molecule has 1 atom stereocenters. The number of hydrogen-bond acceptors (Lipinski definition) is 5. The lowest BCUT2D eigenvalue weighted by atomic mass is 10.1. The number of carbonyl (C=O) groups excluding carboxylic acids is 1. The van der Waals surface area contributed by atoms with Crippen molar-refractivity contribution in [2.75, 3.05) is 23.0 Å². The smallest absolute Gasteiger partial charge is 0.247 e. The van der Waals surface area contributed by atoms with E-state index in [2.05, 4.69) is 10.3 Å². The summed E-state index contributed by atoms with van der Waals surface area (Å²) < 4.78 is 31.0. The summed E-state index contributed by atoms with van der Waals surface area (Å²) in [5.74, 6) is 0.171. The number of sulfonamides is 1. The highest BCUT2D eigenvalue weighted by molar-refractivity contribution is 7.92. The molecule has 8 heteroatoms. The van der Waals surface area contributed by atoms with Crippen molar-refractivity contribution in [3.63, 3.8) is 0 Å². The summed E-state index contributed by atoms with van der Waals surface area (Å²) in [6.07, 6.45) is 5.34. The van der Waals surface area contributed by atoms with E-state index in [-0.39, 0.29) is 0 Å². The molecule has 0 aliphatic rings. The molecule has 1 unspecified atom stereocenters. The van der Waals surface area contributed by atoms with Gasteiger partial charge in [0.2, 0.25) is 15.9 Å². The fourth-order valence-corrected chi connectivity index (χ4v) is 4.40. The molecule has 0 saturated heterocycles. The molecule has 0 bridgehead atoms. The van der Waals surface area contributed by atoms with Crippen LogP contribution < -0.4 is 14.4 Å². The molecule has 0 fully saturated rings. The monoisotopic (exact) mass is 439 g/mol. The zero-order valence-electron chi connectivity index (χ0n) is 17.6. The van der Waals surface area contributed by atoms with E-state index in [0.717, 1.165) is 28.1 Å². The van der Waals surface area contributed by atoms with Crippen molar-refractivity contribution in [3.05, 3.63) is 84.2 Å². The first-order chi connectivity index (χ1) is 14.8. The molecule has 31 heavy (non-hydrogen) atoms. The first-order valence-electron chi connectivity index (χ1n) is 9.70. The third kappa shape index (κ3) is 5.82. The van der Waals surface area contributed by atoms with E-state index in [1.165, 1.54) is 7.11 Å². The fourth-order valence-electron chi connectivity index (χ4n) is 3.23. The second-order valence-corrected chi connectivity index (χ2v) is 9.01. The van der Waals surface area contributed by atoms with E-state index < -0.39 is 22.0 Å². The zero-order valence-corrected chi connectivity index (χ0v) is 18.5. The van der Waals surface area contributed by atoms with Crippen molar-refractivity contribution in [1.29, 1.82) is 0 Å². The number of aromatic nitrogens is 1. The minimum absolute atomic E-state index is 0.388. The maximum atomic E-state index is 12.8. The molecule has 162 valence electrons. The molecule has 0 aliphatic heterocycles. The van der Waals surface area contributed by atoms with Gasteiger partial charge in [0.15, 0.2) is 0 Å². The van der Waals surface area contributed by atoms with Crippen LogP contribution >= 0.6 is 0 Å². The molecule has 3 aromatic rings. The summed E-state index contributed by atoms with van der Waals surface area (Å²) in [6.45, 7) is 1.55. The third-order valence-corrected chi connectivity index (χ3v) is 6.04. The Morgan fingerprint density at radius 3 is 2.13 bits per heavy atom. The summed E-state index contributed by atoms with van der Waals surface area (Å²) in [5, 5.41) is 2.80. The zero-order chi connectivity index (χ0) is 22.4. The highest BCUT2D eigenvalue weighted by atomic mass is 32.2. The average Bonchev–Trinajstić information content (AvgIpc) is 2.75. The quantitative estimate of drug-likeness (QED) is 0.581. The fraction of sp³-hybridized carbons (Fsp3) is 0.217. The molecule has 3 rings (SSSR count). The second-order valence-electron chi connectivity index (χ2n) is 7.15. The molecule has 0 radical (unpaired) electrons. The van der Waals surface area contributed by atoms with Gasteiger partial charge in [0, 0.05) is 18.1 Å². The minimum atomic E-state index is -3.69. The summed E-state index contributed by atoms with van der Waals surface area (Å²) in [4.78, 5) is 16.8. The van der Waals surface area contributed by atoms with Crippen LogP contribution in [0, 0.1) is 0 Å². The predicted molar refractivity (Wildman–Crippen MR) is 122 cm³/mol. The van der Waals surface area contributed by atoms with Crippen LogP contribution in [0.5, 0.6) is 5.75 Å². The number of methoxy groups -OCH3 is 1. The Balaban J connectivity index is 1.72. The van der Waals surface area contributed by atoms with Gasteiger partial charge in [-0.25, -0.2) is 8.42 Å². The van der Waals surface area contributed by atoms with Crippen LogP contribution in [0.15, 0.2) is 73.1 Å². The maximum absolute atomic E-state index is 12.8. The average molecular weight is 440 g/mol. The van der Waals surface area contributed by atoms with Crippen molar-refractivity contribution in [2.45, 2.75) is 19.4 Å². The summed E-state index contributed by atoms with van der Waals surface area (Å²) in [6, 6.07) is 17.0. The van der Waals surface area contributed by atoms with Gasteiger partial charge in [-0.05, 0) is 73.0 Å². The van der Waals surface area contributed by atoms with E-state index in [0.29, 0.717) is 17.1 Å². The van der Waals surface area contributed by atoms with Crippen molar-refractivity contribution < 1.29 is 17.9 Å². The first-order valence-corrected chi connectivity index (χ1v) is 11.5. The minimum Gasteiger partial charge on any atom is -0.497 e. The van der Waals surface area contributed by atoms with Gasteiger partial charge < -0.3 is 10.1 Å². The standard InChI is InChI=1S/C23H25N3O4S/c1-17(26(31(3,28)29)21-8-10-22(30-2)11-9-21)23(27)25-20-6-4-18(5-7-20)16-19-12-14-24-15-13-19/h4-15,17H,16H2,1-3H3,(H,25,27). The van der Waals surface area contributed by atoms with Gasteiger partial charge in [-0.3, -0.25) is 14.1 Å². The molecular weight excluding hydrogens is 414 g/mol. The van der Waals surface area contributed by atoms with Crippen LogP contribution in [-0.4, -0.2) is 38.7 Å². The lowest BCUT2D eigenvalue weighted by molar-refractivity contribution is -0.116. The molecule has 1 heterocycles. The molecule has 0 spiro atoms. The van der Waals surface area contributed by atoms with Crippen LogP contribution in [0.2, 0.25) is 0 Å². The number of hydrogen-bond donors (Lipinski definition) is 1. The van der Waals surface area contributed by atoms with Gasteiger partial charge in [-0.2, -0.15) is 0 Å². The number of anilines is 2. The maximum Gasteiger partial charge on any atom is 0.247 e. The Bertz CT molecular complexity index is 1120. The topological polar surface area (TPSA) is 88.6 Å². The second kappa shape index (κ2) is 9.61. The van der Waals surface area contributed by atoms with E-state index in [1.54, 1.807) is 55.7 Å². The SMILES string of the molecule is COc1ccc(N(C(C)C(=O)Nc2ccc(Cc3ccncc3)cc2)S(C)(=O)=O)cc1. The number of pyridine rings is 1. The molecule has 1 aromatic heterocycles. The number of amides is 1. The van der Waals surface area contributed by atoms with Crippen molar-refractivity contribution in [1.82, 2.24) is 4.98 Å². The van der Waals surface area contributed by atoms with Crippen molar-refractivity contribution >= 4 is 27.3 Å². The van der Waals surface area contributed by atoms with Crippen molar-refractivity contribution in [3.8, 4) is 5.75 Å². The lowest BCUT2D eigenvalue weighted by Crippen LogP contribution is -2.45.